The number of carbonyl (C=O) groups excluding carboxylic acids is 1. The number of halogens is 1. The largest absolute Gasteiger partial charge is 0.494 e. The fourth-order valence-electron chi connectivity index (χ4n) is 3.32. The molecule has 0 atom stereocenters. The van der Waals surface area contributed by atoms with Crippen molar-refractivity contribution >= 4 is 35.9 Å². The van der Waals surface area contributed by atoms with Crippen LogP contribution in [0.5, 0.6) is 5.75 Å². The molecule has 29 heavy (non-hydrogen) atoms. The topological polar surface area (TPSA) is 63.2 Å². The van der Waals surface area contributed by atoms with Crippen molar-refractivity contribution in [3.63, 3.8) is 0 Å². The van der Waals surface area contributed by atoms with Gasteiger partial charge in [-0.1, -0.05) is 25.5 Å². The average Bonchev–Trinajstić information content (AvgIpc) is 2.73. The molecule has 1 aliphatic rings. The third-order valence-corrected chi connectivity index (χ3v) is 5.01. The Labute approximate surface area is 192 Å². The lowest BCUT2D eigenvalue weighted by molar-refractivity contribution is -0.149. The zero-order valence-corrected chi connectivity index (χ0v) is 20.3. The molecule has 0 aliphatic carbocycles. The van der Waals surface area contributed by atoms with Crippen molar-refractivity contribution < 1.29 is 14.3 Å². The Morgan fingerprint density at radius 2 is 1.90 bits per heavy atom. The van der Waals surface area contributed by atoms with E-state index in [-0.39, 0.29) is 35.9 Å². The maximum atomic E-state index is 11.9. The molecular weight excluding hydrogens is 481 g/mol. The summed E-state index contributed by atoms with van der Waals surface area (Å²) in [5.41, 5.74) is 1.27. The van der Waals surface area contributed by atoms with E-state index in [2.05, 4.69) is 34.3 Å². The Kier molecular flexibility index (Phi) is 12.7. The number of rotatable bonds is 9. The van der Waals surface area contributed by atoms with Gasteiger partial charge in [-0.25, -0.2) is 0 Å². The van der Waals surface area contributed by atoms with Gasteiger partial charge in [0.15, 0.2) is 5.96 Å². The normalized spacial score (nSPS) is 14.9. The van der Waals surface area contributed by atoms with Crippen LogP contribution in [0.1, 0.15) is 45.1 Å². The summed E-state index contributed by atoms with van der Waals surface area (Å²) in [6.45, 7) is 7.72. The molecule has 0 spiro atoms. The van der Waals surface area contributed by atoms with Crippen LogP contribution in [0.3, 0.4) is 0 Å². The van der Waals surface area contributed by atoms with Crippen LogP contribution in [-0.2, 0) is 16.0 Å². The highest BCUT2D eigenvalue weighted by atomic mass is 127. The van der Waals surface area contributed by atoms with Crippen molar-refractivity contribution in [2.24, 2.45) is 10.9 Å². The first-order valence-corrected chi connectivity index (χ1v) is 10.5. The average molecular weight is 517 g/mol. The maximum absolute atomic E-state index is 11.9. The molecule has 1 aliphatic heterocycles. The molecule has 0 unspecified atom stereocenters. The summed E-state index contributed by atoms with van der Waals surface area (Å²) in [6, 6.07) is 8.33. The molecule has 0 amide bonds. The molecule has 0 bridgehead atoms. The molecule has 1 heterocycles. The quantitative estimate of drug-likeness (QED) is 0.177. The zero-order chi connectivity index (χ0) is 20.2. The number of benzene rings is 1. The van der Waals surface area contributed by atoms with Gasteiger partial charge in [0.2, 0.25) is 0 Å². The lowest BCUT2D eigenvalue weighted by Crippen LogP contribution is -2.47. The molecule has 1 N–H and O–H groups in total. The summed E-state index contributed by atoms with van der Waals surface area (Å²) < 4.78 is 10.8. The van der Waals surface area contributed by atoms with E-state index in [0.717, 1.165) is 70.1 Å². The summed E-state index contributed by atoms with van der Waals surface area (Å²) in [4.78, 5) is 18.5. The van der Waals surface area contributed by atoms with Crippen molar-refractivity contribution in [1.82, 2.24) is 10.2 Å². The molecule has 2 rings (SSSR count). The van der Waals surface area contributed by atoms with E-state index in [4.69, 9.17) is 9.47 Å². The van der Waals surface area contributed by atoms with Crippen molar-refractivity contribution in [3.8, 4) is 5.75 Å². The Morgan fingerprint density at radius 3 is 2.48 bits per heavy atom. The summed E-state index contributed by atoms with van der Waals surface area (Å²) in [6.07, 6.45) is 4.79. The molecule has 1 fully saturated rings. The maximum Gasteiger partial charge on any atom is 0.309 e. The van der Waals surface area contributed by atoms with Crippen LogP contribution in [0.25, 0.3) is 0 Å². The summed E-state index contributed by atoms with van der Waals surface area (Å²) in [7, 11) is 1.81. The van der Waals surface area contributed by atoms with Gasteiger partial charge in [0, 0.05) is 26.7 Å². The van der Waals surface area contributed by atoms with Gasteiger partial charge < -0.3 is 19.7 Å². The van der Waals surface area contributed by atoms with Gasteiger partial charge in [-0.2, -0.15) is 0 Å². The van der Waals surface area contributed by atoms with Crippen molar-refractivity contribution in [2.75, 3.05) is 39.9 Å². The third kappa shape index (κ3) is 8.80. The number of likely N-dealkylation sites (tertiary alicyclic amines) is 1. The number of hydrogen-bond acceptors (Lipinski definition) is 4. The van der Waals surface area contributed by atoms with Gasteiger partial charge in [-0.05, 0) is 50.3 Å². The molecule has 164 valence electrons. The first-order chi connectivity index (χ1) is 13.7. The van der Waals surface area contributed by atoms with Crippen LogP contribution >= 0.6 is 24.0 Å². The number of aliphatic imine (C=N–C) groups is 1. The fourth-order valence-corrected chi connectivity index (χ4v) is 3.32. The summed E-state index contributed by atoms with van der Waals surface area (Å²) >= 11 is 0. The molecule has 6 nitrogen and oxygen atoms in total. The van der Waals surface area contributed by atoms with Crippen LogP contribution in [0, 0.1) is 5.92 Å². The minimum atomic E-state index is -0.0628. The smallest absolute Gasteiger partial charge is 0.309 e. The van der Waals surface area contributed by atoms with E-state index >= 15 is 0 Å². The van der Waals surface area contributed by atoms with E-state index in [1.54, 1.807) is 0 Å². The Morgan fingerprint density at radius 1 is 1.21 bits per heavy atom. The zero-order valence-electron chi connectivity index (χ0n) is 18.0. The van der Waals surface area contributed by atoms with Crippen LogP contribution < -0.4 is 10.1 Å². The number of esters is 1. The third-order valence-electron chi connectivity index (χ3n) is 5.01. The highest BCUT2D eigenvalue weighted by Gasteiger charge is 2.27. The number of ether oxygens (including phenoxy) is 2. The number of carbonyl (C=O) groups is 1. The Bertz CT molecular complexity index is 614. The van der Waals surface area contributed by atoms with Gasteiger partial charge >= 0.3 is 5.97 Å². The highest BCUT2D eigenvalue weighted by molar-refractivity contribution is 14.0. The van der Waals surface area contributed by atoms with Gasteiger partial charge in [0.25, 0.3) is 0 Å². The molecular formula is C22H36IN3O3. The van der Waals surface area contributed by atoms with Crippen molar-refractivity contribution in [3.05, 3.63) is 29.8 Å². The van der Waals surface area contributed by atoms with E-state index in [0.29, 0.717) is 6.61 Å². The second-order valence-electron chi connectivity index (χ2n) is 7.08. The number of unbranched alkanes of at least 4 members (excludes halogenated alkanes) is 1. The Hall–Kier alpha value is -1.51. The van der Waals surface area contributed by atoms with Gasteiger partial charge in [-0.3, -0.25) is 9.79 Å². The van der Waals surface area contributed by atoms with Crippen LogP contribution in [0.15, 0.2) is 29.3 Å². The van der Waals surface area contributed by atoms with Gasteiger partial charge in [0.1, 0.15) is 5.75 Å². The predicted octanol–water partition coefficient (Wildman–Crippen LogP) is 3.88. The molecule has 1 aromatic carbocycles. The number of piperidine rings is 1. The monoisotopic (exact) mass is 517 g/mol. The lowest BCUT2D eigenvalue weighted by atomic mass is 9.97. The Balaban J connectivity index is 0.00000420. The van der Waals surface area contributed by atoms with Crippen molar-refractivity contribution in [1.29, 1.82) is 0 Å². The second kappa shape index (κ2) is 14.5. The van der Waals surface area contributed by atoms with E-state index in [1.165, 1.54) is 5.56 Å². The van der Waals surface area contributed by atoms with Gasteiger partial charge in [-0.15, -0.1) is 24.0 Å². The molecule has 1 saturated heterocycles. The number of nitrogens with one attached hydrogen (secondary N) is 1. The van der Waals surface area contributed by atoms with Crippen LogP contribution in [0.4, 0.5) is 0 Å². The molecule has 0 aromatic heterocycles. The minimum Gasteiger partial charge on any atom is -0.494 e. The van der Waals surface area contributed by atoms with Gasteiger partial charge in [0.05, 0.1) is 19.1 Å². The molecule has 1 aromatic rings. The fraction of sp³-hybridized carbons (Fsp3) is 0.636. The standard InChI is InChI=1S/C22H35N3O3.HI/c1-4-6-17-28-20-9-7-18(8-10-20)11-14-24-22(23-3)25-15-12-19(13-16-25)21(26)27-5-2;/h7-10,19H,4-6,11-17H2,1-3H3,(H,23,24);1H. The molecule has 7 heteroatoms. The first kappa shape index (κ1) is 25.5. The summed E-state index contributed by atoms with van der Waals surface area (Å²) in [5, 5.41) is 3.44. The first-order valence-electron chi connectivity index (χ1n) is 10.5. The van der Waals surface area contributed by atoms with E-state index in [1.807, 2.05) is 26.1 Å². The molecule has 0 saturated carbocycles. The second-order valence-corrected chi connectivity index (χ2v) is 7.08. The minimum absolute atomic E-state index is 0. The molecule has 0 radical (unpaired) electrons. The SMILES string of the molecule is CCCCOc1ccc(CCNC(=NC)N2CCC(C(=O)OCC)CC2)cc1.I. The lowest BCUT2D eigenvalue weighted by Gasteiger charge is -2.33. The number of guanidine groups is 1. The van der Waals surface area contributed by atoms with E-state index in [9.17, 15) is 4.79 Å². The highest BCUT2D eigenvalue weighted by Crippen LogP contribution is 2.19. The van der Waals surface area contributed by atoms with E-state index < -0.39 is 0 Å². The number of hydrogen-bond donors (Lipinski definition) is 1. The van der Waals surface area contributed by atoms with Crippen molar-refractivity contribution in [2.45, 2.75) is 46.0 Å². The number of nitrogens with zero attached hydrogens (tertiary/aromatic N) is 2. The summed E-state index contributed by atoms with van der Waals surface area (Å²) in [5.74, 6) is 1.80. The van der Waals surface area contributed by atoms with Crippen LogP contribution in [-0.4, -0.2) is 56.7 Å². The predicted molar refractivity (Wildman–Crippen MR) is 128 cm³/mol. The van der Waals surface area contributed by atoms with Crippen LogP contribution in [0.2, 0.25) is 0 Å².